The van der Waals surface area contributed by atoms with Gasteiger partial charge in [-0.15, -0.1) is 0 Å². The first-order valence-electron chi connectivity index (χ1n) is 6.00. The first-order chi connectivity index (χ1) is 9.60. The summed E-state index contributed by atoms with van der Waals surface area (Å²) in [6.45, 7) is 0.0944. The van der Waals surface area contributed by atoms with Crippen LogP contribution in [0.3, 0.4) is 0 Å². The fraction of sp³-hybridized carbons (Fsp3) is 0.133. The predicted octanol–water partition coefficient (Wildman–Crippen LogP) is 2.70. The summed E-state index contributed by atoms with van der Waals surface area (Å²) in [4.78, 5) is 0. The van der Waals surface area contributed by atoms with Crippen LogP contribution in [0.25, 0.3) is 0 Å². The average Bonchev–Trinajstić information content (AvgIpc) is 2.46. The van der Waals surface area contributed by atoms with E-state index in [2.05, 4.69) is 0 Å². The maximum atomic E-state index is 13.5. The minimum atomic E-state index is -0.317. The molecule has 104 valence electrons. The van der Waals surface area contributed by atoms with E-state index in [1.165, 1.54) is 13.2 Å². The molecule has 2 rings (SSSR count). The van der Waals surface area contributed by atoms with Crippen molar-refractivity contribution in [3.05, 3.63) is 59.4 Å². The molecule has 5 heteroatoms. The normalized spacial score (nSPS) is 10.1. The Labute approximate surface area is 116 Å². The summed E-state index contributed by atoms with van der Waals surface area (Å²) in [5.74, 6) is 0.598. The van der Waals surface area contributed by atoms with Crippen molar-refractivity contribution in [3.63, 3.8) is 0 Å². The molecule has 0 aromatic heterocycles. The lowest BCUT2D eigenvalue weighted by Crippen LogP contribution is -2.11. The van der Waals surface area contributed by atoms with Crippen molar-refractivity contribution in [3.8, 4) is 11.5 Å². The summed E-state index contributed by atoms with van der Waals surface area (Å²) in [7, 11) is 1.51. The van der Waals surface area contributed by atoms with Crippen LogP contribution in [0.4, 0.5) is 4.39 Å². The van der Waals surface area contributed by atoms with E-state index in [1.54, 1.807) is 36.4 Å². The highest BCUT2D eigenvalue weighted by Crippen LogP contribution is 2.23. The van der Waals surface area contributed by atoms with Crippen LogP contribution >= 0.6 is 0 Å². The Morgan fingerprint density at radius 1 is 1.20 bits per heavy atom. The zero-order valence-electron chi connectivity index (χ0n) is 11.0. The number of ether oxygens (including phenoxy) is 2. The molecule has 0 aliphatic heterocycles. The fourth-order valence-corrected chi connectivity index (χ4v) is 1.70. The molecule has 0 spiro atoms. The monoisotopic (exact) mass is 274 g/mol. The van der Waals surface area contributed by atoms with E-state index >= 15 is 0 Å². The Bertz CT molecular complexity index is 629. The Morgan fingerprint density at radius 3 is 2.55 bits per heavy atom. The van der Waals surface area contributed by atoms with Gasteiger partial charge in [-0.25, -0.2) is 4.39 Å². The number of methoxy groups -OCH3 is 1. The highest BCUT2D eigenvalue weighted by molar-refractivity contribution is 5.95. The van der Waals surface area contributed by atoms with Crippen molar-refractivity contribution < 1.29 is 13.9 Å². The minimum Gasteiger partial charge on any atom is -0.497 e. The number of benzene rings is 2. The molecule has 0 saturated heterocycles. The molecule has 0 bridgehead atoms. The summed E-state index contributed by atoms with van der Waals surface area (Å²) in [5.41, 5.74) is 6.40. The molecule has 0 aliphatic rings. The second kappa shape index (κ2) is 6.06. The van der Waals surface area contributed by atoms with E-state index in [-0.39, 0.29) is 18.3 Å². The van der Waals surface area contributed by atoms with E-state index in [1.807, 2.05) is 0 Å². The molecule has 0 fully saturated rings. The number of nitrogens with one attached hydrogen (secondary N) is 1. The second-order valence-electron chi connectivity index (χ2n) is 4.19. The molecule has 2 aromatic carbocycles. The lowest BCUT2D eigenvalue weighted by molar-refractivity contribution is 0.297. The number of amidine groups is 1. The van der Waals surface area contributed by atoms with Crippen LogP contribution in [-0.4, -0.2) is 12.9 Å². The standard InChI is InChI=1S/C15H15FN2O2/c1-19-12-6-11(15(17)18)7-13(8-12)20-9-10-4-2-3-5-14(10)16/h2-8H,9H2,1H3,(H3,17,18). The van der Waals surface area contributed by atoms with Crippen LogP contribution in [0.5, 0.6) is 11.5 Å². The van der Waals surface area contributed by atoms with Gasteiger partial charge >= 0.3 is 0 Å². The molecule has 0 amide bonds. The van der Waals surface area contributed by atoms with Crippen molar-refractivity contribution >= 4 is 5.84 Å². The van der Waals surface area contributed by atoms with Gasteiger partial charge in [0, 0.05) is 17.2 Å². The first-order valence-corrected chi connectivity index (χ1v) is 6.00. The smallest absolute Gasteiger partial charge is 0.129 e. The molecule has 0 saturated carbocycles. The molecule has 0 aliphatic carbocycles. The van der Waals surface area contributed by atoms with Gasteiger partial charge in [0.1, 0.15) is 29.8 Å². The van der Waals surface area contributed by atoms with Crippen LogP contribution < -0.4 is 15.2 Å². The first kappa shape index (κ1) is 13.9. The molecule has 3 N–H and O–H groups in total. The van der Waals surface area contributed by atoms with Gasteiger partial charge in [-0.1, -0.05) is 18.2 Å². The maximum Gasteiger partial charge on any atom is 0.129 e. The maximum absolute atomic E-state index is 13.5. The van der Waals surface area contributed by atoms with Crippen molar-refractivity contribution in [1.29, 1.82) is 5.41 Å². The number of rotatable bonds is 5. The average molecular weight is 274 g/mol. The Hall–Kier alpha value is -2.56. The summed E-state index contributed by atoms with van der Waals surface area (Å²) in [6.07, 6.45) is 0. The van der Waals surface area contributed by atoms with E-state index in [0.29, 0.717) is 22.6 Å². The Balaban J connectivity index is 2.19. The van der Waals surface area contributed by atoms with E-state index in [0.717, 1.165) is 0 Å². The number of nitrogens with two attached hydrogens (primary N) is 1. The molecular weight excluding hydrogens is 259 g/mol. The van der Waals surface area contributed by atoms with Gasteiger partial charge < -0.3 is 15.2 Å². The van der Waals surface area contributed by atoms with Gasteiger partial charge in [0.2, 0.25) is 0 Å². The topological polar surface area (TPSA) is 68.3 Å². The largest absolute Gasteiger partial charge is 0.497 e. The molecular formula is C15H15FN2O2. The van der Waals surface area contributed by atoms with Crippen LogP contribution in [0.15, 0.2) is 42.5 Å². The summed E-state index contributed by atoms with van der Waals surface area (Å²) >= 11 is 0. The number of nitrogen functional groups attached to an aromatic ring is 1. The highest BCUT2D eigenvalue weighted by atomic mass is 19.1. The van der Waals surface area contributed by atoms with Crippen molar-refractivity contribution in [2.75, 3.05) is 7.11 Å². The van der Waals surface area contributed by atoms with Gasteiger partial charge in [-0.3, -0.25) is 5.41 Å². The number of hydrogen-bond donors (Lipinski definition) is 2. The van der Waals surface area contributed by atoms with Gasteiger partial charge in [-0.05, 0) is 18.2 Å². The van der Waals surface area contributed by atoms with Crippen LogP contribution in [0.1, 0.15) is 11.1 Å². The van der Waals surface area contributed by atoms with Crippen molar-refractivity contribution in [1.82, 2.24) is 0 Å². The second-order valence-corrected chi connectivity index (χ2v) is 4.19. The fourth-order valence-electron chi connectivity index (χ4n) is 1.70. The molecule has 0 unspecified atom stereocenters. The molecule has 0 heterocycles. The van der Waals surface area contributed by atoms with E-state index in [9.17, 15) is 4.39 Å². The summed E-state index contributed by atoms with van der Waals surface area (Å²) in [6, 6.07) is 11.3. The third-order valence-corrected chi connectivity index (χ3v) is 2.78. The Kier molecular flexibility index (Phi) is 4.20. The number of halogens is 1. The number of hydrogen-bond acceptors (Lipinski definition) is 3. The van der Waals surface area contributed by atoms with Gasteiger partial charge in [0.05, 0.1) is 7.11 Å². The van der Waals surface area contributed by atoms with Gasteiger partial charge in [-0.2, -0.15) is 0 Å². The third-order valence-electron chi connectivity index (χ3n) is 2.78. The van der Waals surface area contributed by atoms with Crippen molar-refractivity contribution in [2.45, 2.75) is 6.61 Å². The molecule has 0 atom stereocenters. The molecule has 2 aromatic rings. The summed E-state index contributed by atoms with van der Waals surface area (Å²) < 4.78 is 24.1. The quantitative estimate of drug-likeness (QED) is 0.650. The lowest BCUT2D eigenvalue weighted by atomic mass is 10.2. The van der Waals surface area contributed by atoms with Crippen LogP contribution in [-0.2, 0) is 6.61 Å². The highest BCUT2D eigenvalue weighted by Gasteiger charge is 2.06. The molecule has 20 heavy (non-hydrogen) atoms. The van der Waals surface area contributed by atoms with Crippen LogP contribution in [0.2, 0.25) is 0 Å². The van der Waals surface area contributed by atoms with Gasteiger partial charge in [0.15, 0.2) is 0 Å². The zero-order chi connectivity index (χ0) is 14.5. The molecule has 0 radical (unpaired) electrons. The molecule has 4 nitrogen and oxygen atoms in total. The zero-order valence-corrected chi connectivity index (χ0v) is 11.0. The van der Waals surface area contributed by atoms with Crippen LogP contribution in [0, 0.1) is 11.2 Å². The SMILES string of the molecule is COc1cc(OCc2ccccc2F)cc(C(=N)N)c1. The van der Waals surface area contributed by atoms with E-state index < -0.39 is 0 Å². The minimum absolute atomic E-state index is 0.0837. The lowest BCUT2D eigenvalue weighted by Gasteiger charge is -2.10. The van der Waals surface area contributed by atoms with E-state index in [4.69, 9.17) is 20.6 Å². The third kappa shape index (κ3) is 3.26. The van der Waals surface area contributed by atoms with Gasteiger partial charge in [0.25, 0.3) is 0 Å². The Morgan fingerprint density at radius 2 is 1.90 bits per heavy atom. The summed E-state index contributed by atoms with van der Waals surface area (Å²) in [5, 5.41) is 7.44. The predicted molar refractivity (Wildman–Crippen MR) is 74.7 cm³/mol. The van der Waals surface area contributed by atoms with Crippen molar-refractivity contribution in [2.24, 2.45) is 5.73 Å².